The number of carbonyl (C=O) groups excluding carboxylic acids is 1. The van der Waals surface area contributed by atoms with Crippen LogP contribution in [0.15, 0.2) is 18.2 Å². The summed E-state index contributed by atoms with van der Waals surface area (Å²) in [6.45, 7) is 7.57. The summed E-state index contributed by atoms with van der Waals surface area (Å²) in [6.07, 6.45) is 1.53. The van der Waals surface area contributed by atoms with Crippen molar-refractivity contribution >= 4 is 29.3 Å². The van der Waals surface area contributed by atoms with Crippen molar-refractivity contribution in [1.82, 2.24) is 4.90 Å². The molecule has 4 nitrogen and oxygen atoms in total. The SMILES string of the molecule is CC(C)(C)OC(=O)N1CCC(COc2cc(Cl)ccc2Cl)CC1. The number of likely N-dealkylation sites (tertiary alicyclic amines) is 1. The van der Waals surface area contributed by atoms with Crippen molar-refractivity contribution in [2.75, 3.05) is 19.7 Å². The Kier molecular flexibility index (Phi) is 6.04. The van der Waals surface area contributed by atoms with E-state index in [1.54, 1.807) is 23.1 Å². The lowest BCUT2D eigenvalue weighted by Gasteiger charge is -2.33. The summed E-state index contributed by atoms with van der Waals surface area (Å²) in [5, 5.41) is 1.16. The Morgan fingerprint density at radius 3 is 2.52 bits per heavy atom. The summed E-state index contributed by atoms with van der Waals surface area (Å²) in [5.41, 5.74) is -0.458. The summed E-state index contributed by atoms with van der Waals surface area (Å²) >= 11 is 12.0. The fourth-order valence-electron chi connectivity index (χ4n) is 2.40. The van der Waals surface area contributed by atoms with Gasteiger partial charge in [0.1, 0.15) is 11.4 Å². The molecule has 0 aliphatic carbocycles. The third-order valence-corrected chi connectivity index (χ3v) is 4.18. The third kappa shape index (κ3) is 5.78. The van der Waals surface area contributed by atoms with Gasteiger partial charge in [-0.25, -0.2) is 4.79 Å². The first-order chi connectivity index (χ1) is 10.7. The van der Waals surface area contributed by atoms with Crippen molar-refractivity contribution in [1.29, 1.82) is 0 Å². The Morgan fingerprint density at radius 2 is 1.91 bits per heavy atom. The first-order valence-corrected chi connectivity index (χ1v) is 8.56. The number of carbonyl (C=O) groups is 1. The van der Waals surface area contributed by atoms with Gasteiger partial charge in [-0.15, -0.1) is 0 Å². The van der Waals surface area contributed by atoms with E-state index in [0.29, 0.717) is 41.4 Å². The van der Waals surface area contributed by atoms with E-state index in [-0.39, 0.29) is 6.09 Å². The number of piperidine rings is 1. The van der Waals surface area contributed by atoms with Gasteiger partial charge in [-0.2, -0.15) is 0 Å². The number of ether oxygens (including phenoxy) is 2. The van der Waals surface area contributed by atoms with Crippen molar-refractivity contribution in [3.05, 3.63) is 28.2 Å². The van der Waals surface area contributed by atoms with Gasteiger partial charge in [-0.3, -0.25) is 0 Å². The van der Waals surface area contributed by atoms with Crippen LogP contribution in [0.3, 0.4) is 0 Å². The van der Waals surface area contributed by atoms with Gasteiger partial charge < -0.3 is 14.4 Å². The van der Waals surface area contributed by atoms with Crippen LogP contribution in [0.1, 0.15) is 33.6 Å². The molecule has 1 amide bonds. The van der Waals surface area contributed by atoms with Gasteiger partial charge in [-0.05, 0) is 51.7 Å². The van der Waals surface area contributed by atoms with Gasteiger partial charge in [0.15, 0.2) is 0 Å². The normalized spacial score (nSPS) is 16.3. The molecule has 1 aliphatic rings. The van der Waals surface area contributed by atoms with Crippen molar-refractivity contribution in [3.8, 4) is 5.75 Å². The maximum Gasteiger partial charge on any atom is 0.410 e. The van der Waals surface area contributed by atoms with E-state index in [9.17, 15) is 4.79 Å². The molecule has 0 radical (unpaired) electrons. The van der Waals surface area contributed by atoms with Crippen LogP contribution < -0.4 is 4.74 Å². The predicted octanol–water partition coefficient (Wildman–Crippen LogP) is 5.02. The van der Waals surface area contributed by atoms with Crippen LogP contribution in [0.5, 0.6) is 5.75 Å². The third-order valence-electron chi connectivity index (χ3n) is 3.63. The van der Waals surface area contributed by atoms with E-state index >= 15 is 0 Å². The summed E-state index contributed by atoms with van der Waals surface area (Å²) in [6, 6.07) is 5.18. The fourth-order valence-corrected chi connectivity index (χ4v) is 2.74. The zero-order chi connectivity index (χ0) is 17.0. The number of hydrogen-bond donors (Lipinski definition) is 0. The second kappa shape index (κ2) is 7.63. The Hall–Kier alpha value is -1.13. The van der Waals surface area contributed by atoms with E-state index in [1.807, 2.05) is 20.8 Å². The van der Waals surface area contributed by atoms with E-state index in [2.05, 4.69) is 0 Å². The molecular weight excluding hydrogens is 337 g/mol. The highest BCUT2D eigenvalue weighted by Crippen LogP contribution is 2.29. The minimum Gasteiger partial charge on any atom is -0.492 e. The molecule has 6 heteroatoms. The Morgan fingerprint density at radius 1 is 1.26 bits per heavy atom. The highest BCUT2D eigenvalue weighted by Gasteiger charge is 2.27. The highest BCUT2D eigenvalue weighted by molar-refractivity contribution is 6.34. The zero-order valence-electron chi connectivity index (χ0n) is 13.8. The van der Waals surface area contributed by atoms with Gasteiger partial charge >= 0.3 is 6.09 Å². The van der Waals surface area contributed by atoms with Crippen LogP contribution in [0, 0.1) is 5.92 Å². The van der Waals surface area contributed by atoms with Crippen molar-refractivity contribution in [3.63, 3.8) is 0 Å². The first-order valence-electron chi connectivity index (χ1n) is 7.80. The average molecular weight is 360 g/mol. The van der Waals surface area contributed by atoms with E-state index < -0.39 is 5.60 Å². The van der Waals surface area contributed by atoms with E-state index in [1.165, 1.54) is 0 Å². The quantitative estimate of drug-likeness (QED) is 0.760. The molecule has 1 heterocycles. The van der Waals surface area contributed by atoms with E-state index in [0.717, 1.165) is 12.8 Å². The van der Waals surface area contributed by atoms with Gasteiger partial charge in [-0.1, -0.05) is 23.2 Å². The number of halogens is 2. The molecule has 1 aromatic rings. The number of benzene rings is 1. The average Bonchev–Trinajstić information content (AvgIpc) is 2.47. The van der Waals surface area contributed by atoms with Crippen molar-refractivity contribution in [2.45, 2.75) is 39.2 Å². The summed E-state index contributed by atoms with van der Waals surface area (Å²) in [7, 11) is 0. The molecule has 1 aromatic carbocycles. The van der Waals surface area contributed by atoms with Gasteiger partial charge in [0.2, 0.25) is 0 Å². The largest absolute Gasteiger partial charge is 0.492 e. The number of hydrogen-bond acceptors (Lipinski definition) is 3. The second-order valence-corrected chi connectivity index (χ2v) is 7.64. The Labute approximate surface area is 147 Å². The summed E-state index contributed by atoms with van der Waals surface area (Å²) in [5.74, 6) is 0.998. The smallest absolute Gasteiger partial charge is 0.410 e. The first kappa shape index (κ1) is 18.2. The fraction of sp³-hybridized carbons (Fsp3) is 0.588. The maximum absolute atomic E-state index is 12.0. The molecule has 0 atom stereocenters. The molecule has 1 saturated heterocycles. The minimum atomic E-state index is -0.458. The molecule has 0 unspecified atom stereocenters. The highest BCUT2D eigenvalue weighted by atomic mass is 35.5. The van der Waals surface area contributed by atoms with Crippen LogP contribution in [0.4, 0.5) is 4.79 Å². The number of amides is 1. The molecular formula is C17H23Cl2NO3. The standard InChI is InChI=1S/C17H23Cl2NO3/c1-17(2,3)23-16(21)20-8-6-12(7-9-20)11-22-15-10-13(18)4-5-14(15)19/h4-5,10,12H,6-9,11H2,1-3H3. The molecule has 0 N–H and O–H groups in total. The Balaban J connectivity index is 1.79. The van der Waals surface area contributed by atoms with Crippen LogP contribution in [0.25, 0.3) is 0 Å². The van der Waals surface area contributed by atoms with Gasteiger partial charge in [0, 0.05) is 24.2 Å². The lowest BCUT2D eigenvalue weighted by molar-refractivity contribution is 0.0165. The Bertz CT molecular complexity index is 549. The molecule has 0 spiro atoms. The lowest BCUT2D eigenvalue weighted by atomic mass is 9.98. The summed E-state index contributed by atoms with van der Waals surface area (Å²) < 4.78 is 11.2. The molecule has 0 aromatic heterocycles. The zero-order valence-corrected chi connectivity index (χ0v) is 15.3. The van der Waals surface area contributed by atoms with Crippen molar-refractivity contribution < 1.29 is 14.3 Å². The van der Waals surface area contributed by atoms with E-state index in [4.69, 9.17) is 32.7 Å². The molecule has 128 valence electrons. The van der Waals surface area contributed by atoms with Gasteiger partial charge in [0.25, 0.3) is 0 Å². The van der Waals surface area contributed by atoms with Crippen LogP contribution in [0.2, 0.25) is 10.0 Å². The topological polar surface area (TPSA) is 38.8 Å². The summed E-state index contributed by atoms with van der Waals surface area (Å²) in [4.78, 5) is 13.8. The lowest BCUT2D eigenvalue weighted by Crippen LogP contribution is -2.42. The molecule has 2 rings (SSSR count). The monoisotopic (exact) mass is 359 g/mol. The molecule has 0 bridgehead atoms. The number of rotatable bonds is 3. The molecule has 0 saturated carbocycles. The molecule has 1 fully saturated rings. The van der Waals surface area contributed by atoms with Crippen LogP contribution in [-0.2, 0) is 4.74 Å². The van der Waals surface area contributed by atoms with Crippen molar-refractivity contribution in [2.24, 2.45) is 5.92 Å². The predicted molar refractivity (Wildman–Crippen MR) is 92.5 cm³/mol. The minimum absolute atomic E-state index is 0.241. The maximum atomic E-state index is 12.0. The van der Waals surface area contributed by atoms with Gasteiger partial charge in [0.05, 0.1) is 11.6 Å². The van der Waals surface area contributed by atoms with Crippen LogP contribution >= 0.6 is 23.2 Å². The molecule has 1 aliphatic heterocycles. The van der Waals surface area contributed by atoms with Crippen LogP contribution in [-0.4, -0.2) is 36.3 Å². The second-order valence-electron chi connectivity index (χ2n) is 6.80. The molecule has 23 heavy (non-hydrogen) atoms. The number of nitrogens with zero attached hydrogens (tertiary/aromatic N) is 1.